The molecule has 9 heteroatoms. The van der Waals surface area contributed by atoms with E-state index in [1.807, 2.05) is 18.2 Å². The van der Waals surface area contributed by atoms with Crippen molar-refractivity contribution in [3.8, 4) is 0 Å². The van der Waals surface area contributed by atoms with Crippen LogP contribution in [-0.2, 0) is 14.3 Å². The molecule has 0 bridgehead atoms. The van der Waals surface area contributed by atoms with Crippen LogP contribution in [-0.4, -0.2) is 87.5 Å². The van der Waals surface area contributed by atoms with Crippen LogP contribution in [0.4, 0.5) is 0 Å². The molecule has 0 saturated carbocycles. The van der Waals surface area contributed by atoms with Gasteiger partial charge in [-0.25, -0.2) is 0 Å². The highest BCUT2D eigenvalue weighted by Gasteiger charge is 2.44. The Labute approximate surface area is 434 Å². The lowest BCUT2D eigenvalue weighted by molar-refractivity contribution is -0.302. The van der Waals surface area contributed by atoms with E-state index in [4.69, 9.17) is 9.47 Å². The van der Waals surface area contributed by atoms with Gasteiger partial charge in [-0.2, -0.15) is 0 Å². The largest absolute Gasteiger partial charge is 0.394 e. The van der Waals surface area contributed by atoms with E-state index in [1.165, 1.54) is 122 Å². The molecule has 1 saturated heterocycles. The lowest BCUT2D eigenvalue weighted by Crippen LogP contribution is -2.60. The van der Waals surface area contributed by atoms with Crippen molar-refractivity contribution in [2.24, 2.45) is 0 Å². The highest BCUT2D eigenvalue weighted by Crippen LogP contribution is 2.23. The number of unbranched alkanes of at least 4 members (excludes halogenated alkanes) is 21. The maximum atomic E-state index is 13.0. The summed E-state index contributed by atoms with van der Waals surface area (Å²) in [7, 11) is 0. The lowest BCUT2D eigenvalue weighted by atomic mass is 9.99. The van der Waals surface area contributed by atoms with E-state index < -0.39 is 49.5 Å². The molecule has 0 aliphatic carbocycles. The van der Waals surface area contributed by atoms with Crippen molar-refractivity contribution < 1.29 is 39.8 Å². The van der Waals surface area contributed by atoms with Gasteiger partial charge in [-0.05, 0) is 83.5 Å². The standard InChI is InChI=1S/C62H105NO8/c1-3-5-7-9-11-13-15-17-19-21-23-24-25-26-27-28-29-30-31-32-34-35-37-39-41-43-45-47-49-51-56(65)55(54-70-62-61(69)60(68)59(67)57(53-64)71-62)63-58(66)52-50-48-46-44-42-40-38-36-33-22-20-18-16-14-12-10-8-6-4-2/h6,8,12,14,18,20,33-36,40-43,46,48-49,51,55-57,59-62,64-65,67-69H,3-5,7,9-11,13,15-17,19,21-32,37-39,44-45,47,50,52-54H2,1-2H3,(H,63,66)/b8-6-,14-12-,20-18-,35-34+,36-33-,42-40-,43-41+,48-46-,51-49+. The van der Waals surface area contributed by atoms with E-state index >= 15 is 0 Å². The predicted molar refractivity (Wildman–Crippen MR) is 299 cm³/mol. The van der Waals surface area contributed by atoms with Crippen molar-refractivity contribution >= 4 is 5.91 Å². The minimum atomic E-state index is -1.59. The number of nitrogens with one attached hydrogen (secondary N) is 1. The van der Waals surface area contributed by atoms with Crippen LogP contribution in [0.3, 0.4) is 0 Å². The van der Waals surface area contributed by atoms with Crippen molar-refractivity contribution in [1.29, 1.82) is 0 Å². The van der Waals surface area contributed by atoms with Gasteiger partial charge in [0, 0.05) is 6.42 Å². The quantitative estimate of drug-likeness (QED) is 0.0261. The van der Waals surface area contributed by atoms with Crippen LogP contribution in [0.25, 0.3) is 0 Å². The van der Waals surface area contributed by atoms with Gasteiger partial charge in [-0.1, -0.05) is 239 Å². The van der Waals surface area contributed by atoms with Gasteiger partial charge >= 0.3 is 0 Å². The normalized spacial score (nSPS) is 20.1. The van der Waals surface area contributed by atoms with Crippen molar-refractivity contribution in [2.45, 2.75) is 262 Å². The average molecular weight is 993 g/mol. The Morgan fingerprint density at radius 1 is 0.493 bits per heavy atom. The number of rotatable bonds is 47. The number of hydrogen-bond acceptors (Lipinski definition) is 8. The van der Waals surface area contributed by atoms with Crippen LogP contribution < -0.4 is 5.32 Å². The third-order valence-corrected chi connectivity index (χ3v) is 12.8. The number of hydrogen-bond donors (Lipinski definition) is 6. The molecule has 1 amide bonds. The number of allylic oxidation sites excluding steroid dienone is 17. The third-order valence-electron chi connectivity index (χ3n) is 12.8. The van der Waals surface area contributed by atoms with Gasteiger partial charge in [0.15, 0.2) is 6.29 Å². The summed E-state index contributed by atoms with van der Waals surface area (Å²) in [6.45, 7) is 3.60. The second-order valence-electron chi connectivity index (χ2n) is 19.3. The zero-order valence-electron chi connectivity index (χ0n) is 44.9. The maximum absolute atomic E-state index is 13.0. The molecule has 7 unspecified atom stereocenters. The number of amides is 1. The first kappa shape index (κ1) is 65.9. The first-order valence-electron chi connectivity index (χ1n) is 28.6. The SMILES string of the molecule is CC/C=C\C/C=C\C/C=C\C/C=C\C/C=C\C/C=C\CCC(=O)NC(COC1OC(CO)C(O)C(O)C1O)C(O)/C=C/CC/C=C/CC/C=C/CCCCCCCCCCCCCCCCCCCCC. The number of carbonyl (C=O) groups is 1. The monoisotopic (exact) mass is 992 g/mol. The van der Waals surface area contributed by atoms with Crippen LogP contribution in [0.1, 0.15) is 219 Å². The third kappa shape index (κ3) is 40.0. The molecule has 1 aliphatic rings. The topological polar surface area (TPSA) is 149 Å². The Morgan fingerprint density at radius 3 is 1.34 bits per heavy atom. The summed E-state index contributed by atoms with van der Waals surface area (Å²) in [6, 6.07) is -0.877. The Kier molecular flexibility index (Phi) is 46.7. The van der Waals surface area contributed by atoms with Crippen molar-refractivity contribution in [3.05, 3.63) is 109 Å². The molecule has 0 aromatic carbocycles. The number of ether oxygens (including phenoxy) is 2. The second-order valence-corrected chi connectivity index (χ2v) is 19.3. The van der Waals surface area contributed by atoms with Gasteiger partial charge in [0.25, 0.3) is 0 Å². The van der Waals surface area contributed by atoms with Crippen LogP contribution in [0.2, 0.25) is 0 Å². The van der Waals surface area contributed by atoms with E-state index in [0.717, 1.165) is 64.2 Å². The van der Waals surface area contributed by atoms with Gasteiger partial charge in [0.2, 0.25) is 5.91 Å². The molecular weight excluding hydrogens is 887 g/mol. The molecule has 1 aliphatic heterocycles. The molecule has 9 nitrogen and oxygen atoms in total. The highest BCUT2D eigenvalue weighted by atomic mass is 16.7. The molecule has 0 radical (unpaired) electrons. The smallest absolute Gasteiger partial charge is 0.220 e. The molecule has 0 aromatic heterocycles. The summed E-state index contributed by atoms with van der Waals surface area (Å²) < 4.78 is 11.2. The van der Waals surface area contributed by atoms with Crippen LogP contribution in [0.15, 0.2) is 109 Å². The summed E-state index contributed by atoms with van der Waals surface area (Å²) >= 11 is 0. The number of aliphatic hydroxyl groups is 5. The van der Waals surface area contributed by atoms with E-state index in [2.05, 4.69) is 104 Å². The Hall–Kier alpha value is -3.15. The average Bonchev–Trinajstić information content (AvgIpc) is 3.37. The molecule has 7 atom stereocenters. The van der Waals surface area contributed by atoms with Crippen molar-refractivity contribution in [3.63, 3.8) is 0 Å². The molecule has 1 heterocycles. The summed E-state index contributed by atoms with van der Waals surface area (Å²) in [5.74, 6) is -0.276. The molecule has 406 valence electrons. The molecule has 0 spiro atoms. The molecule has 1 fully saturated rings. The van der Waals surface area contributed by atoms with Gasteiger partial charge in [-0.3, -0.25) is 4.79 Å². The predicted octanol–water partition coefficient (Wildman–Crippen LogP) is 14.2. The minimum Gasteiger partial charge on any atom is -0.394 e. The number of aliphatic hydroxyl groups excluding tert-OH is 5. The molecular formula is C62H105NO8. The van der Waals surface area contributed by atoms with Crippen LogP contribution in [0, 0.1) is 0 Å². The van der Waals surface area contributed by atoms with E-state index in [-0.39, 0.29) is 18.9 Å². The highest BCUT2D eigenvalue weighted by molar-refractivity contribution is 5.76. The lowest BCUT2D eigenvalue weighted by Gasteiger charge is -2.40. The summed E-state index contributed by atoms with van der Waals surface area (Å²) in [5, 5.41) is 54.4. The fraction of sp³-hybridized carbons (Fsp3) is 0.694. The number of carbonyl (C=O) groups excluding carboxylic acids is 1. The summed E-state index contributed by atoms with van der Waals surface area (Å²) in [4.78, 5) is 13.0. The Balaban J connectivity index is 2.31. The fourth-order valence-corrected chi connectivity index (χ4v) is 8.33. The van der Waals surface area contributed by atoms with Crippen molar-refractivity contribution in [2.75, 3.05) is 13.2 Å². The summed E-state index contributed by atoms with van der Waals surface area (Å²) in [5.41, 5.74) is 0. The van der Waals surface area contributed by atoms with Gasteiger partial charge in [0.1, 0.15) is 24.4 Å². The van der Waals surface area contributed by atoms with Crippen LogP contribution in [0.5, 0.6) is 0 Å². The Bertz CT molecular complexity index is 1480. The van der Waals surface area contributed by atoms with Crippen molar-refractivity contribution in [1.82, 2.24) is 5.32 Å². The molecule has 1 rings (SSSR count). The van der Waals surface area contributed by atoms with Gasteiger partial charge in [0.05, 0.1) is 25.4 Å². The van der Waals surface area contributed by atoms with E-state index in [1.54, 1.807) is 6.08 Å². The van der Waals surface area contributed by atoms with Crippen LogP contribution >= 0.6 is 0 Å². The minimum absolute atomic E-state index is 0.203. The first-order chi connectivity index (χ1) is 34.8. The Morgan fingerprint density at radius 2 is 0.887 bits per heavy atom. The fourth-order valence-electron chi connectivity index (χ4n) is 8.33. The zero-order valence-corrected chi connectivity index (χ0v) is 44.9. The second kappa shape index (κ2) is 50.4. The summed E-state index contributed by atoms with van der Waals surface area (Å²) in [6.07, 6.45) is 67.5. The molecule has 6 N–H and O–H groups in total. The molecule has 71 heavy (non-hydrogen) atoms. The van der Waals surface area contributed by atoms with E-state index in [0.29, 0.717) is 12.8 Å². The van der Waals surface area contributed by atoms with Gasteiger partial charge < -0.3 is 40.3 Å². The maximum Gasteiger partial charge on any atom is 0.220 e. The zero-order chi connectivity index (χ0) is 51.5. The van der Waals surface area contributed by atoms with E-state index in [9.17, 15) is 30.3 Å². The van der Waals surface area contributed by atoms with Gasteiger partial charge in [-0.15, -0.1) is 0 Å². The first-order valence-corrected chi connectivity index (χ1v) is 28.6. The molecule has 0 aromatic rings.